The fraction of sp³-hybridized carbons (Fsp3) is 0.562. The lowest BCUT2D eigenvalue weighted by molar-refractivity contribution is 0.0510. The number of nitrogens with one attached hydrogen (secondary N) is 1. The van der Waals surface area contributed by atoms with Gasteiger partial charge in [0.05, 0.1) is 11.7 Å². The van der Waals surface area contributed by atoms with Crippen molar-refractivity contribution in [1.82, 2.24) is 10.2 Å². The summed E-state index contributed by atoms with van der Waals surface area (Å²) in [6, 6.07) is 5.62. The van der Waals surface area contributed by atoms with Gasteiger partial charge in [0.1, 0.15) is 11.9 Å². The zero-order valence-electron chi connectivity index (χ0n) is 12.2. The largest absolute Gasteiger partial charge is 0.372 e. The Balaban J connectivity index is 1.88. The van der Waals surface area contributed by atoms with Crippen molar-refractivity contribution in [1.29, 1.82) is 5.26 Å². The molecule has 1 aromatic carbocycles. The van der Waals surface area contributed by atoms with E-state index in [2.05, 4.69) is 10.2 Å². The molecule has 0 radical (unpaired) electrons. The van der Waals surface area contributed by atoms with Gasteiger partial charge in [-0.2, -0.15) is 5.26 Å². The van der Waals surface area contributed by atoms with Crippen LogP contribution in [0.25, 0.3) is 0 Å². The minimum Gasteiger partial charge on any atom is -0.372 e. The van der Waals surface area contributed by atoms with Gasteiger partial charge in [0, 0.05) is 38.8 Å². The molecule has 2 atom stereocenters. The van der Waals surface area contributed by atoms with Crippen LogP contribution in [0.3, 0.4) is 0 Å². The molecule has 2 heterocycles. The van der Waals surface area contributed by atoms with Crippen LogP contribution >= 0.6 is 0 Å². The Morgan fingerprint density at radius 3 is 3.14 bits per heavy atom. The molecular formula is C16H20FN3O. The van der Waals surface area contributed by atoms with Crippen LogP contribution in [-0.2, 0) is 4.74 Å². The summed E-state index contributed by atoms with van der Waals surface area (Å²) in [6.45, 7) is 6.32. The fourth-order valence-electron chi connectivity index (χ4n) is 3.31. The second kappa shape index (κ2) is 6.10. The molecule has 0 unspecified atom stereocenters. The molecule has 0 saturated carbocycles. The Bertz CT molecular complexity index is 569. The molecule has 0 aliphatic carbocycles. The second-order valence-corrected chi connectivity index (χ2v) is 5.75. The number of rotatable bonds is 1. The molecule has 1 N–H and O–H groups in total. The van der Waals surface area contributed by atoms with Crippen LogP contribution in [0, 0.1) is 24.1 Å². The topological polar surface area (TPSA) is 48.3 Å². The summed E-state index contributed by atoms with van der Waals surface area (Å²) >= 11 is 0. The van der Waals surface area contributed by atoms with E-state index < -0.39 is 5.82 Å². The van der Waals surface area contributed by atoms with Gasteiger partial charge in [-0.15, -0.1) is 0 Å². The predicted octanol–water partition coefficient (Wildman–Crippen LogP) is 1.74. The van der Waals surface area contributed by atoms with Crippen LogP contribution in [0.5, 0.6) is 0 Å². The quantitative estimate of drug-likeness (QED) is 0.855. The molecule has 0 spiro atoms. The number of nitriles is 1. The maximum atomic E-state index is 13.7. The number of piperazine rings is 1. The van der Waals surface area contributed by atoms with Gasteiger partial charge in [-0.1, -0.05) is 6.07 Å². The van der Waals surface area contributed by atoms with Crippen LogP contribution < -0.4 is 5.32 Å². The van der Waals surface area contributed by atoms with E-state index in [-0.39, 0.29) is 11.7 Å². The Kier molecular flexibility index (Phi) is 4.20. The highest BCUT2D eigenvalue weighted by molar-refractivity contribution is 5.44. The lowest BCUT2D eigenvalue weighted by atomic mass is 9.97. The molecule has 112 valence electrons. The highest BCUT2D eigenvalue weighted by Crippen LogP contribution is 2.29. The van der Waals surface area contributed by atoms with E-state index in [4.69, 9.17) is 10.00 Å². The zero-order valence-corrected chi connectivity index (χ0v) is 12.2. The lowest BCUT2D eigenvalue weighted by Gasteiger charge is -2.35. The van der Waals surface area contributed by atoms with Crippen molar-refractivity contribution < 1.29 is 9.13 Å². The molecule has 0 bridgehead atoms. The van der Waals surface area contributed by atoms with Crippen LogP contribution in [0.1, 0.15) is 29.2 Å². The average molecular weight is 289 g/mol. The highest BCUT2D eigenvalue weighted by atomic mass is 19.1. The molecule has 5 heteroatoms. The van der Waals surface area contributed by atoms with Gasteiger partial charge in [-0.25, -0.2) is 4.39 Å². The molecule has 2 aliphatic heterocycles. The van der Waals surface area contributed by atoms with Gasteiger partial charge in [0.15, 0.2) is 0 Å². The molecule has 2 fully saturated rings. The summed E-state index contributed by atoms with van der Waals surface area (Å²) in [5.41, 5.74) is 1.78. The number of ether oxygens (including phenoxy) is 1. The first-order valence-corrected chi connectivity index (χ1v) is 7.46. The monoisotopic (exact) mass is 289 g/mol. The van der Waals surface area contributed by atoms with Gasteiger partial charge in [0.2, 0.25) is 0 Å². The summed E-state index contributed by atoms with van der Waals surface area (Å²) in [4.78, 5) is 2.45. The van der Waals surface area contributed by atoms with Crippen molar-refractivity contribution in [3.05, 3.63) is 34.6 Å². The molecule has 2 saturated heterocycles. The van der Waals surface area contributed by atoms with Crippen molar-refractivity contribution in [2.45, 2.75) is 25.5 Å². The van der Waals surface area contributed by atoms with Crippen LogP contribution in [0.2, 0.25) is 0 Å². The number of halogens is 1. The van der Waals surface area contributed by atoms with Crippen molar-refractivity contribution in [3.63, 3.8) is 0 Å². The third-order valence-electron chi connectivity index (χ3n) is 4.56. The molecule has 1 aromatic rings. The fourth-order valence-corrected chi connectivity index (χ4v) is 3.31. The lowest BCUT2D eigenvalue weighted by Crippen LogP contribution is -2.51. The maximum absolute atomic E-state index is 13.7. The molecule has 2 aliphatic rings. The minimum absolute atomic E-state index is 0.0826. The van der Waals surface area contributed by atoms with Crippen molar-refractivity contribution in [2.75, 3.05) is 32.8 Å². The summed E-state index contributed by atoms with van der Waals surface area (Å²) in [5.74, 6) is -0.451. The van der Waals surface area contributed by atoms with Gasteiger partial charge in [-0.05, 0) is 30.5 Å². The SMILES string of the molecule is Cc1c([C@H]2CN3CCNC[C@H]3CCO2)ccc(F)c1C#N. The number of nitrogens with zero attached hydrogens (tertiary/aromatic N) is 2. The highest BCUT2D eigenvalue weighted by Gasteiger charge is 2.30. The molecular weight excluding hydrogens is 269 g/mol. The molecule has 4 nitrogen and oxygen atoms in total. The van der Waals surface area contributed by atoms with Crippen molar-refractivity contribution in [3.8, 4) is 6.07 Å². The van der Waals surface area contributed by atoms with Gasteiger partial charge in [0.25, 0.3) is 0 Å². The number of hydrogen-bond acceptors (Lipinski definition) is 4. The number of hydrogen-bond donors (Lipinski definition) is 1. The normalized spacial score (nSPS) is 26.7. The number of benzene rings is 1. The maximum Gasteiger partial charge on any atom is 0.141 e. The first kappa shape index (κ1) is 14.5. The third-order valence-corrected chi connectivity index (χ3v) is 4.56. The minimum atomic E-state index is -0.451. The van der Waals surface area contributed by atoms with Crippen molar-refractivity contribution >= 4 is 0 Å². The van der Waals surface area contributed by atoms with Crippen LogP contribution in [0.4, 0.5) is 4.39 Å². The summed E-state index contributed by atoms with van der Waals surface area (Å²) < 4.78 is 19.7. The Morgan fingerprint density at radius 2 is 2.33 bits per heavy atom. The molecule has 3 rings (SSSR count). The van der Waals surface area contributed by atoms with E-state index in [0.717, 1.165) is 38.2 Å². The van der Waals surface area contributed by atoms with E-state index in [1.54, 1.807) is 13.0 Å². The van der Waals surface area contributed by atoms with Gasteiger partial charge in [-0.3, -0.25) is 4.90 Å². The Hall–Kier alpha value is -1.48. The smallest absolute Gasteiger partial charge is 0.141 e. The Morgan fingerprint density at radius 1 is 1.48 bits per heavy atom. The summed E-state index contributed by atoms with van der Waals surface area (Å²) in [6.07, 6.45) is 0.926. The average Bonchev–Trinajstić information content (AvgIpc) is 2.70. The van der Waals surface area contributed by atoms with Crippen LogP contribution in [0.15, 0.2) is 12.1 Å². The first-order chi connectivity index (χ1) is 10.2. The van der Waals surface area contributed by atoms with E-state index in [0.29, 0.717) is 18.2 Å². The van der Waals surface area contributed by atoms with Gasteiger partial charge >= 0.3 is 0 Å². The van der Waals surface area contributed by atoms with Crippen molar-refractivity contribution in [2.24, 2.45) is 0 Å². The first-order valence-electron chi connectivity index (χ1n) is 7.46. The second-order valence-electron chi connectivity index (χ2n) is 5.75. The standard InChI is InChI=1S/C16H20FN3O/c1-11-13(2-3-15(17)14(11)8-18)16-10-20-6-5-19-9-12(20)4-7-21-16/h2-3,12,16,19H,4-7,9-10H2,1H3/t12-,16-/m1/s1. The third kappa shape index (κ3) is 2.80. The van der Waals surface area contributed by atoms with Crippen LogP contribution in [-0.4, -0.2) is 43.7 Å². The summed E-state index contributed by atoms with van der Waals surface area (Å²) in [7, 11) is 0. The van der Waals surface area contributed by atoms with E-state index in [1.807, 2.05) is 6.07 Å². The molecule has 0 aromatic heterocycles. The Labute approximate surface area is 124 Å². The summed E-state index contributed by atoms with van der Waals surface area (Å²) in [5, 5.41) is 12.5. The van der Waals surface area contributed by atoms with E-state index in [9.17, 15) is 4.39 Å². The van der Waals surface area contributed by atoms with E-state index in [1.165, 1.54) is 6.07 Å². The zero-order chi connectivity index (χ0) is 14.8. The molecule has 21 heavy (non-hydrogen) atoms. The van der Waals surface area contributed by atoms with E-state index >= 15 is 0 Å². The molecule has 0 amide bonds. The van der Waals surface area contributed by atoms with Gasteiger partial charge < -0.3 is 10.1 Å². The number of fused-ring (bicyclic) bond motifs is 1. The predicted molar refractivity (Wildman–Crippen MR) is 77.4 cm³/mol.